The lowest BCUT2D eigenvalue weighted by Gasteiger charge is -2.17. The van der Waals surface area contributed by atoms with Crippen LogP contribution >= 0.6 is 0 Å². The van der Waals surface area contributed by atoms with Gasteiger partial charge in [0, 0.05) is 0 Å². The zero-order valence-corrected chi connectivity index (χ0v) is 9.72. The summed E-state index contributed by atoms with van der Waals surface area (Å²) >= 11 is 0. The Morgan fingerprint density at radius 1 is 1.23 bits per heavy atom. The van der Waals surface area contributed by atoms with Crippen LogP contribution in [0.4, 0.5) is 5.69 Å². The highest BCUT2D eigenvalue weighted by atomic mass is 28.3. The van der Waals surface area contributed by atoms with Crippen molar-refractivity contribution < 1.29 is 4.74 Å². The van der Waals surface area contributed by atoms with Gasteiger partial charge in [0.25, 0.3) is 0 Å². The second-order valence-electron chi connectivity index (χ2n) is 4.21. The maximum atomic E-state index is 5.83. The van der Waals surface area contributed by atoms with Crippen molar-refractivity contribution in [1.82, 2.24) is 0 Å². The van der Waals surface area contributed by atoms with Crippen LogP contribution in [0.5, 0.6) is 5.75 Å². The fourth-order valence-corrected chi connectivity index (χ4v) is 2.37. The monoisotopic (exact) mass is 195 g/mol. The van der Waals surface area contributed by atoms with Crippen LogP contribution < -0.4 is 15.7 Å². The molecule has 1 aromatic rings. The predicted octanol–water partition coefficient (Wildman–Crippen LogP) is 1.82. The smallest absolute Gasteiger partial charge is 0.141 e. The molecule has 0 atom stereocenters. The third-order valence-corrected chi connectivity index (χ3v) is 4.14. The predicted molar refractivity (Wildman–Crippen MR) is 60.4 cm³/mol. The summed E-state index contributed by atoms with van der Waals surface area (Å²) in [6.45, 7) is 6.90. The molecule has 0 fully saturated rings. The first-order valence-corrected chi connectivity index (χ1v) is 7.89. The molecule has 0 bridgehead atoms. The first-order valence-electron chi connectivity index (χ1n) is 4.39. The summed E-state index contributed by atoms with van der Waals surface area (Å²) in [6.07, 6.45) is 0. The van der Waals surface area contributed by atoms with Crippen molar-refractivity contribution in [3.63, 3.8) is 0 Å². The van der Waals surface area contributed by atoms with Crippen LogP contribution in [0.1, 0.15) is 0 Å². The SMILES string of the molecule is COc1ccc([Si](C)(C)C)cc1N. The van der Waals surface area contributed by atoms with Crippen LogP contribution in [0.3, 0.4) is 0 Å². The van der Waals surface area contributed by atoms with E-state index in [0.29, 0.717) is 0 Å². The van der Waals surface area contributed by atoms with Crippen molar-refractivity contribution >= 4 is 18.9 Å². The second kappa shape index (κ2) is 3.42. The standard InChI is InChI=1S/C10H17NOSi/c1-12-10-6-5-8(7-9(10)11)13(2,3)4/h5-7H,11H2,1-4H3. The molecule has 2 nitrogen and oxygen atoms in total. The number of hydrogen-bond acceptors (Lipinski definition) is 2. The highest BCUT2D eigenvalue weighted by Gasteiger charge is 2.16. The Morgan fingerprint density at radius 2 is 1.85 bits per heavy atom. The van der Waals surface area contributed by atoms with Crippen molar-refractivity contribution in [1.29, 1.82) is 0 Å². The van der Waals surface area contributed by atoms with Gasteiger partial charge in [-0.2, -0.15) is 0 Å². The van der Waals surface area contributed by atoms with Crippen LogP contribution in [0.2, 0.25) is 19.6 Å². The lowest BCUT2D eigenvalue weighted by atomic mass is 10.3. The number of ether oxygens (including phenoxy) is 1. The van der Waals surface area contributed by atoms with Crippen LogP contribution in [-0.2, 0) is 0 Å². The van der Waals surface area contributed by atoms with Gasteiger partial charge in [0.1, 0.15) is 5.75 Å². The number of rotatable bonds is 2. The van der Waals surface area contributed by atoms with E-state index in [4.69, 9.17) is 10.5 Å². The van der Waals surface area contributed by atoms with E-state index in [2.05, 4.69) is 25.7 Å². The van der Waals surface area contributed by atoms with Gasteiger partial charge in [-0.05, 0) is 12.1 Å². The van der Waals surface area contributed by atoms with Gasteiger partial charge in [0.2, 0.25) is 0 Å². The molecule has 0 saturated heterocycles. The molecule has 0 aromatic heterocycles. The number of nitrogen functional groups attached to an aromatic ring is 1. The van der Waals surface area contributed by atoms with E-state index < -0.39 is 8.07 Å². The lowest BCUT2D eigenvalue weighted by molar-refractivity contribution is 0.417. The van der Waals surface area contributed by atoms with E-state index >= 15 is 0 Å². The maximum absolute atomic E-state index is 5.83. The van der Waals surface area contributed by atoms with Gasteiger partial charge < -0.3 is 10.5 Å². The number of hydrogen-bond donors (Lipinski definition) is 1. The fraction of sp³-hybridized carbons (Fsp3) is 0.400. The number of nitrogens with two attached hydrogens (primary N) is 1. The summed E-state index contributed by atoms with van der Waals surface area (Å²) in [4.78, 5) is 0. The number of benzene rings is 1. The molecule has 13 heavy (non-hydrogen) atoms. The average molecular weight is 195 g/mol. The van der Waals surface area contributed by atoms with E-state index in [9.17, 15) is 0 Å². The van der Waals surface area contributed by atoms with Crippen LogP contribution in [0.25, 0.3) is 0 Å². The highest BCUT2D eigenvalue weighted by Crippen LogP contribution is 2.19. The van der Waals surface area contributed by atoms with Crippen LogP contribution in [-0.4, -0.2) is 15.2 Å². The zero-order chi connectivity index (χ0) is 10.1. The fourth-order valence-electron chi connectivity index (χ4n) is 1.20. The molecule has 0 saturated carbocycles. The molecule has 0 aliphatic rings. The van der Waals surface area contributed by atoms with Crippen molar-refractivity contribution in [2.45, 2.75) is 19.6 Å². The van der Waals surface area contributed by atoms with E-state index in [0.717, 1.165) is 11.4 Å². The molecule has 1 aromatic carbocycles. The Bertz CT molecular complexity index is 304. The van der Waals surface area contributed by atoms with Gasteiger partial charge in [-0.3, -0.25) is 0 Å². The summed E-state index contributed by atoms with van der Waals surface area (Å²) in [5.41, 5.74) is 6.56. The third kappa shape index (κ3) is 2.25. The van der Waals surface area contributed by atoms with Crippen LogP contribution in [0, 0.1) is 0 Å². The molecule has 0 aliphatic heterocycles. The summed E-state index contributed by atoms with van der Waals surface area (Å²) in [7, 11) is 0.403. The van der Waals surface area contributed by atoms with Gasteiger partial charge in [-0.25, -0.2) is 0 Å². The summed E-state index contributed by atoms with van der Waals surface area (Å²) in [5.74, 6) is 0.766. The Labute approximate surface area is 80.7 Å². The van der Waals surface area contributed by atoms with Crippen molar-refractivity contribution in [3.05, 3.63) is 18.2 Å². The van der Waals surface area contributed by atoms with Gasteiger partial charge in [-0.1, -0.05) is 30.9 Å². The molecule has 3 heteroatoms. The Balaban J connectivity index is 3.10. The molecular formula is C10H17NOSi. The lowest BCUT2D eigenvalue weighted by Crippen LogP contribution is -2.37. The largest absolute Gasteiger partial charge is 0.495 e. The normalized spacial score (nSPS) is 11.4. The maximum Gasteiger partial charge on any atom is 0.141 e. The molecule has 72 valence electrons. The van der Waals surface area contributed by atoms with Gasteiger partial charge in [0.05, 0.1) is 20.9 Å². The van der Waals surface area contributed by atoms with E-state index in [-0.39, 0.29) is 0 Å². The van der Waals surface area contributed by atoms with Crippen molar-refractivity contribution in [2.75, 3.05) is 12.8 Å². The van der Waals surface area contributed by atoms with E-state index in [1.165, 1.54) is 5.19 Å². The van der Waals surface area contributed by atoms with E-state index in [1.54, 1.807) is 7.11 Å². The minimum atomic E-state index is -1.24. The molecule has 0 heterocycles. The summed E-state index contributed by atoms with van der Waals surface area (Å²) < 4.78 is 5.10. The first kappa shape index (κ1) is 10.1. The Hall–Kier alpha value is -0.963. The minimum Gasteiger partial charge on any atom is -0.495 e. The molecule has 2 N–H and O–H groups in total. The Kier molecular flexibility index (Phi) is 2.66. The first-order chi connectivity index (χ1) is 5.95. The van der Waals surface area contributed by atoms with E-state index in [1.807, 2.05) is 12.1 Å². The number of methoxy groups -OCH3 is 1. The molecule has 0 spiro atoms. The van der Waals surface area contributed by atoms with Crippen molar-refractivity contribution in [3.8, 4) is 5.75 Å². The Morgan fingerprint density at radius 3 is 2.23 bits per heavy atom. The molecule has 0 radical (unpaired) electrons. The second-order valence-corrected chi connectivity index (χ2v) is 9.28. The van der Waals surface area contributed by atoms with Gasteiger partial charge in [-0.15, -0.1) is 0 Å². The van der Waals surface area contributed by atoms with Crippen LogP contribution in [0.15, 0.2) is 18.2 Å². The van der Waals surface area contributed by atoms with Gasteiger partial charge >= 0.3 is 0 Å². The minimum absolute atomic E-state index is 0.738. The highest BCUT2D eigenvalue weighted by molar-refractivity contribution is 6.88. The molecule has 0 aliphatic carbocycles. The molecule has 1 rings (SSSR count). The molecular weight excluding hydrogens is 178 g/mol. The third-order valence-electron chi connectivity index (χ3n) is 2.10. The number of anilines is 1. The summed E-state index contributed by atoms with van der Waals surface area (Å²) in [6, 6.07) is 6.09. The zero-order valence-electron chi connectivity index (χ0n) is 8.72. The molecule has 0 amide bonds. The topological polar surface area (TPSA) is 35.2 Å². The summed E-state index contributed by atoms with van der Waals surface area (Å²) in [5, 5.41) is 1.37. The average Bonchev–Trinajstić information content (AvgIpc) is 2.02. The van der Waals surface area contributed by atoms with Crippen molar-refractivity contribution in [2.24, 2.45) is 0 Å². The van der Waals surface area contributed by atoms with Gasteiger partial charge in [0.15, 0.2) is 0 Å². The quantitative estimate of drug-likeness (QED) is 0.577. The molecule has 0 unspecified atom stereocenters.